The third-order valence-corrected chi connectivity index (χ3v) is 5.13. The highest BCUT2D eigenvalue weighted by Gasteiger charge is 2.27. The number of furan rings is 1. The number of hydrogen-bond acceptors (Lipinski definition) is 5. The van der Waals surface area contributed by atoms with Gasteiger partial charge >= 0.3 is 6.61 Å². The Balaban J connectivity index is 0.00000363. The summed E-state index contributed by atoms with van der Waals surface area (Å²) in [5.74, 6) is 1.24. The zero-order valence-electron chi connectivity index (χ0n) is 18.3. The highest BCUT2D eigenvalue weighted by molar-refractivity contribution is 14.0. The molecule has 1 aromatic heterocycles. The van der Waals surface area contributed by atoms with E-state index in [1.54, 1.807) is 43.3 Å². The Bertz CT molecular complexity index is 832. The van der Waals surface area contributed by atoms with Crippen molar-refractivity contribution in [1.82, 2.24) is 10.6 Å². The van der Waals surface area contributed by atoms with Gasteiger partial charge in [0.15, 0.2) is 5.96 Å². The van der Waals surface area contributed by atoms with Gasteiger partial charge in [0.1, 0.15) is 17.1 Å². The van der Waals surface area contributed by atoms with Crippen LogP contribution >= 0.6 is 24.0 Å². The molecule has 2 heterocycles. The number of benzene rings is 1. The highest BCUT2D eigenvalue weighted by Crippen LogP contribution is 2.24. The van der Waals surface area contributed by atoms with Crippen molar-refractivity contribution in [3.05, 3.63) is 48.4 Å². The van der Waals surface area contributed by atoms with Gasteiger partial charge in [-0.15, -0.1) is 24.0 Å². The van der Waals surface area contributed by atoms with Crippen LogP contribution in [-0.4, -0.2) is 49.9 Å². The quantitative estimate of drug-likeness (QED) is 0.256. The SMILES string of the molecule is CCNC(=NCC(C)(O)c1ccco1)NC1CCCN(c2ccc(OC(F)F)cc2)C1.I. The monoisotopic (exact) mass is 564 g/mol. The third kappa shape index (κ3) is 7.51. The lowest BCUT2D eigenvalue weighted by atomic mass is 10.0. The lowest BCUT2D eigenvalue weighted by Crippen LogP contribution is -2.51. The summed E-state index contributed by atoms with van der Waals surface area (Å²) >= 11 is 0. The van der Waals surface area contributed by atoms with Gasteiger partial charge in [0.2, 0.25) is 0 Å². The van der Waals surface area contributed by atoms with Crippen molar-refractivity contribution in [3.8, 4) is 5.75 Å². The first kappa shape index (κ1) is 26.2. The molecule has 1 fully saturated rings. The molecule has 1 aromatic carbocycles. The topological polar surface area (TPSA) is 82.3 Å². The maximum Gasteiger partial charge on any atom is 0.387 e. The summed E-state index contributed by atoms with van der Waals surface area (Å²) in [5.41, 5.74) is -0.247. The Hall–Kier alpha value is -2.08. The molecule has 3 N–H and O–H groups in total. The zero-order chi connectivity index (χ0) is 22.3. The van der Waals surface area contributed by atoms with E-state index in [1.165, 1.54) is 6.26 Å². The van der Waals surface area contributed by atoms with E-state index in [4.69, 9.17) is 4.42 Å². The molecular formula is C22H31F2IN4O3. The molecule has 2 unspecified atom stereocenters. The van der Waals surface area contributed by atoms with Crippen LogP contribution in [0.1, 0.15) is 32.4 Å². The molecule has 0 bridgehead atoms. The summed E-state index contributed by atoms with van der Waals surface area (Å²) in [6.07, 6.45) is 3.48. The minimum Gasteiger partial charge on any atom is -0.466 e. The molecule has 1 aliphatic heterocycles. The molecule has 1 saturated heterocycles. The van der Waals surface area contributed by atoms with E-state index < -0.39 is 12.2 Å². The van der Waals surface area contributed by atoms with Crippen molar-refractivity contribution in [3.63, 3.8) is 0 Å². The van der Waals surface area contributed by atoms with Gasteiger partial charge in [-0.25, -0.2) is 4.99 Å². The number of nitrogens with one attached hydrogen (secondary N) is 2. The smallest absolute Gasteiger partial charge is 0.387 e. The first-order valence-corrected chi connectivity index (χ1v) is 10.5. The predicted octanol–water partition coefficient (Wildman–Crippen LogP) is 3.93. The van der Waals surface area contributed by atoms with Crippen LogP contribution in [0.4, 0.5) is 14.5 Å². The van der Waals surface area contributed by atoms with E-state index in [9.17, 15) is 13.9 Å². The molecule has 32 heavy (non-hydrogen) atoms. The van der Waals surface area contributed by atoms with Gasteiger partial charge in [0.05, 0.1) is 12.8 Å². The summed E-state index contributed by atoms with van der Waals surface area (Å²) in [6, 6.07) is 10.3. The fourth-order valence-electron chi connectivity index (χ4n) is 3.58. The van der Waals surface area contributed by atoms with Gasteiger partial charge in [-0.3, -0.25) is 0 Å². The number of guanidine groups is 1. The molecule has 2 aromatic rings. The van der Waals surface area contributed by atoms with Gasteiger partial charge in [-0.1, -0.05) is 0 Å². The second kappa shape index (κ2) is 12.2. The number of nitrogens with zero attached hydrogens (tertiary/aromatic N) is 2. The van der Waals surface area contributed by atoms with E-state index in [-0.39, 0.29) is 42.3 Å². The van der Waals surface area contributed by atoms with Crippen molar-refractivity contribution in [2.24, 2.45) is 4.99 Å². The van der Waals surface area contributed by atoms with E-state index in [0.717, 1.165) is 31.6 Å². The number of halogens is 3. The molecule has 3 rings (SSSR count). The van der Waals surface area contributed by atoms with Crippen LogP contribution < -0.4 is 20.3 Å². The number of aliphatic imine (C=N–C) groups is 1. The fraction of sp³-hybridized carbons (Fsp3) is 0.500. The Morgan fingerprint density at radius 1 is 1.34 bits per heavy atom. The minimum atomic E-state index is -2.83. The number of anilines is 1. The number of alkyl halides is 2. The van der Waals surface area contributed by atoms with Crippen molar-refractivity contribution in [2.75, 3.05) is 31.1 Å². The van der Waals surface area contributed by atoms with Crippen LogP contribution in [0.3, 0.4) is 0 Å². The summed E-state index contributed by atoms with van der Waals surface area (Å²) in [6.45, 7) is 3.30. The average molecular weight is 564 g/mol. The first-order chi connectivity index (χ1) is 14.9. The molecule has 178 valence electrons. The Kier molecular flexibility index (Phi) is 10.0. The van der Waals surface area contributed by atoms with Crippen LogP contribution in [0.5, 0.6) is 5.75 Å². The maximum atomic E-state index is 12.3. The van der Waals surface area contributed by atoms with E-state index in [2.05, 4.69) is 25.3 Å². The normalized spacial score (nSPS) is 18.6. The number of piperidine rings is 1. The number of aliphatic hydroxyl groups is 1. The molecule has 0 radical (unpaired) electrons. The molecular weight excluding hydrogens is 533 g/mol. The molecule has 2 atom stereocenters. The summed E-state index contributed by atoms with van der Waals surface area (Å²) in [7, 11) is 0. The van der Waals surface area contributed by atoms with Crippen LogP contribution in [-0.2, 0) is 5.60 Å². The van der Waals surface area contributed by atoms with Gasteiger partial charge in [-0.05, 0) is 63.1 Å². The minimum absolute atomic E-state index is 0. The largest absolute Gasteiger partial charge is 0.466 e. The van der Waals surface area contributed by atoms with Crippen molar-refractivity contribution < 1.29 is 23.0 Å². The predicted molar refractivity (Wildman–Crippen MR) is 131 cm³/mol. The molecule has 0 saturated carbocycles. The van der Waals surface area contributed by atoms with Crippen molar-refractivity contribution in [2.45, 2.75) is 44.9 Å². The van der Waals surface area contributed by atoms with Gasteiger partial charge < -0.3 is 29.8 Å². The second-order valence-corrected chi connectivity index (χ2v) is 7.75. The Morgan fingerprint density at radius 3 is 2.72 bits per heavy atom. The van der Waals surface area contributed by atoms with Gasteiger partial charge in [0, 0.05) is 31.4 Å². The number of rotatable bonds is 8. The standard InChI is InChI=1S/C22H30F2N4O3.HI/c1-3-25-21(26-15-22(2,29)19-7-5-13-30-19)27-16-6-4-12-28(14-16)17-8-10-18(11-9-17)31-20(23)24;/h5,7-11,13,16,20,29H,3-4,6,12,14-15H2,1-2H3,(H2,25,26,27);1H. The van der Waals surface area contributed by atoms with E-state index >= 15 is 0 Å². The Labute approximate surface area is 204 Å². The zero-order valence-corrected chi connectivity index (χ0v) is 20.6. The van der Waals surface area contributed by atoms with Crippen LogP contribution in [0.2, 0.25) is 0 Å². The molecule has 0 spiro atoms. The number of hydrogen-bond donors (Lipinski definition) is 3. The van der Waals surface area contributed by atoms with Crippen molar-refractivity contribution in [1.29, 1.82) is 0 Å². The summed E-state index contributed by atoms with van der Waals surface area (Å²) in [4.78, 5) is 6.75. The third-order valence-electron chi connectivity index (χ3n) is 5.13. The summed E-state index contributed by atoms with van der Waals surface area (Å²) < 4.78 is 34.4. The number of ether oxygens (including phenoxy) is 1. The summed E-state index contributed by atoms with van der Waals surface area (Å²) in [5, 5.41) is 17.3. The average Bonchev–Trinajstić information content (AvgIpc) is 3.29. The van der Waals surface area contributed by atoms with E-state index in [0.29, 0.717) is 18.3 Å². The van der Waals surface area contributed by atoms with Gasteiger partial charge in [-0.2, -0.15) is 8.78 Å². The first-order valence-electron chi connectivity index (χ1n) is 10.5. The van der Waals surface area contributed by atoms with Crippen LogP contribution in [0.15, 0.2) is 52.1 Å². The molecule has 7 nitrogen and oxygen atoms in total. The molecule has 1 aliphatic rings. The van der Waals surface area contributed by atoms with Gasteiger partial charge in [0.25, 0.3) is 0 Å². The van der Waals surface area contributed by atoms with Crippen LogP contribution in [0.25, 0.3) is 0 Å². The lowest BCUT2D eigenvalue weighted by Gasteiger charge is -2.35. The Morgan fingerprint density at radius 2 is 2.09 bits per heavy atom. The molecule has 0 aliphatic carbocycles. The lowest BCUT2D eigenvalue weighted by molar-refractivity contribution is -0.0498. The molecule has 10 heteroatoms. The second-order valence-electron chi connectivity index (χ2n) is 7.75. The van der Waals surface area contributed by atoms with Crippen molar-refractivity contribution >= 4 is 35.6 Å². The maximum absolute atomic E-state index is 12.3. The molecule has 0 amide bonds. The highest BCUT2D eigenvalue weighted by atomic mass is 127. The fourth-order valence-corrected chi connectivity index (χ4v) is 3.58. The van der Waals surface area contributed by atoms with E-state index in [1.807, 2.05) is 6.92 Å². The van der Waals surface area contributed by atoms with Crippen LogP contribution in [0, 0.1) is 0 Å².